The van der Waals surface area contributed by atoms with Gasteiger partial charge in [-0.05, 0) is 19.1 Å². The third-order valence-corrected chi connectivity index (χ3v) is 1.61. The Kier molecular flexibility index (Phi) is 1.89. The number of nitrogen functional groups attached to an aromatic ring is 1. The van der Waals surface area contributed by atoms with E-state index in [0.29, 0.717) is 17.0 Å². The van der Waals surface area contributed by atoms with Crippen molar-refractivity contribution in [1.82, 2.24) is 0 Å². The highest BCUT2D eigenvalue weighted by Crippen LogP contribution is 2.31. The molecule has 0 aliphatic carbocycles. The van der Waals surface area contributed by atoms with Gasteiger partial charge in [-0.1, -0.05) is 0 Å². The Morgan fingerprint density at radius 2 is 2.09 bits per heavy atom. The third-order valence-electron chi connectivity index (χ3n) is 1.61. The van der Waals surface area contributed by atoms with E-state index in [0.717, 1.165) is 0 Å². The molecule has 1 rings (SSSR count). The number of aromatic hydroxyl groups is 1. The molecule has 0 fully saturated rings. The number of hydrogen-bond acceptors (Lipinski definition) is 3. The molecular weight excluding hydrogens is 142 g/mol. The van der Waals surface area contributed by atoms with E-state index in [4.69, 9.17) is 10.5 Å². The van der Waals surface area contributed by atoms with Gasteiger partial charge in [0.15, 0.2) is 0 Å². The van der Waals surface area contributed by atoms with Crippen LogP contribution in [0.4, 0.5) is 5.69 Å². The summed E-state index contributed by atoms with van der Waals surface area (Å²) in [6, 6.07) is 3.16. The molecular formula is C8H11NO2. The predicted molar refractivity (Wildman–Crippen MR) is 43.8 cm³/mol. The second-order valence-electron chi connectivity index (χ2n) is 2.33. The van der Waals surface area contributed by atoms with Crippen LogP contribution in [0.2, 0.25) is 0 Å². The smallest absolute Gasteiger partial charge is 0.148 e. The van der Waals surface area contributed by atoms with Crippen molar-refractivity contribution in [3.05, 3.63) is 17.7 Å². The van der Waals surface area contributed by atoms with Crippen molar-refractivity contribution in [2.75, 3.05) is 12.8 Å². The number of nitrogens with two attached hydrogens (primary N) is 1. The van der Waals surface area contributed by atoms with E-state index >= 15 is 0 Å². The second-order valence-corrected chi connectivity index (χ2v) is 2.33. The van der Waals surface area contributed by atoms with Crippen molar-refractivity contribution < 1.29 is 9.84 Å². The molecule has 0 saturated carbocycles. The summed E-state index contributed by atoms with van der Waals surface area (Å²) in [5.41, 5.74) is 6.78. The zero-order valence-electron chi connectivity index (χ0n) is 6.59. The van der Waals surface area contributed by atoms with E-state index in [-0.39, 0.29) is 5.75 Å². The number of anilines is 1. The van der Waals surface area contributed by atoms with Gasteiger partial charge >= 0.3 is 0 Å². The molecule has 11 heavy (non-hydrogen) atoms. The number of methoxy groups -OCH3 is 1. The molecule has 3 N–H and O–H groups in total. The molecule has 1 aromatic carbocycles. The molecule has 0 spiro atoms. The summed E-state index contributed by atoms with van der Waals surface area (Å²) in [5.74, 6) is 0.751. The zero-order chi connectivity index (χ0) is 8.43. The average Bonchev–Trinajstić information content (AvgIpc) is 1.99. The van der Waals surface area contributed by atoms with Crippen LogP contribution in [0.15, 0.2) is 12.1 Å². The maximum atomic E-state index is 9.22. The number of rotatable bonds is 1. The van der Waals surface area contributed by atoms with Crippen LogP contribution in [-0.4, -0.2) is 12.2 Å². The van der Waals surface area contributed by atoms with Crippen molar-refractivity contribution in [2.45, 2.75) is 6.92 Å². The van der Waals surface area contributed by atoms with Crippen LogP contribution in [0.3, 0.4) is 0 Å². The van der Waals surface area contributed by atoms with Crippen LogP contribution >= 0.6 is 0 Å². The van der Waals surface area contributed by atoms with Crippen LogP contribution in [0, 0.1) is 6.92 Å². The van der Waals surface area contributed by atoms with Gasteiger partial charge in [-0.15, -0.1) is 0 Å². The lowest BCUT2D eigenvalue weighted by Crippen LogP contribution is -1.94. The molecule has 0 aliphatic rings. The standard InChI is InChI=1S/C8H11NO2/c1-5-7(10)4-3-6(9)8(5)11-2/h3-4,10H,9H2,1-2H3. The van der Waals surface area contributed by atoms with Crippen molar-refractivity contribution in [3.8, 4) is 11.5 Å². The Morgan fingerprint density at radius 1 is 1.45 bits per heavy atom. The number of phenolic OH excluding ortho intramolecular Hbond substituents is 1. The molecule has 0 amide bonds. The van der Waals surface area contributed by atoms with Gasteiger partial charge in [0.05, 0.1) is 12.8 Å². The highest BCUT2D eigenvalue weighted by Gasteiger charge is 2.05. The van der Waals surface area contributed by atoms with Crippen molar-refractivity contribution in [3.63, 3.8) is 0 Å². The molecule has 60 valence electrons. The van der Waals surface area contributed by atoms with Gasteiger partial charge in [-0.25, -0.2) is 0 Å². The first-order valence-electron chi connectivity index (χ1n) is 3.29. The van der Waals surface area contributed by atoms with Gasteiger partial charge in [-0.3, -0.25) is 0 Å². The van der Waals surface area contributed by atoms with Crippen LogP contribution in [0.5, 0.6) is 11.5 Å². The lowest BCUT2D eigenvalue weighted by atomic mass is 10.2. The fraction of sp³-hybridized carbons (Fsp3) is 0.250. The highest BCUT2D eigenvalue weighted by atomic mass is 16.5. The molecule has 0 bridgehead atoms. The van der Waals surface area contributed by atoms with Gasteiger partial charge in [0.25, 0.3) is 0 Å². The highest BCUT2D eigenvalue weighted by molar-refractivity contribution is 5.60. The number of ether oxygens (including phenoxy) is 1. The molecule has 0 aliphatic heterocycles. The lowest BCUT2D eigenvalue weighted by molar-refractivity contribution is 0.405. The lowest BCUT2D eigenvalue weighted by Gasteiger charge is -2.08. The Balaban J connectivity index is 3.29. The molecule has 3 nitrogen and oxygen atoms in total. The quantitative estimate of drug-likeness (QED) is 0.472. The molecule has 0 heterocycles. The van der Waals surface area contributed by atoms with Crippen molar-refractivity contribution >= 4 is 5.69 Å². The first-order chi connectivity index (χ1) is 5.16. The first kappa shape index (κ1) is 7.72. The van der Waals surface area contributed by atoms with E-state index in [1.54, 1.807) is 19.1 Å². The zero-order valence-corrected chi connectivity index (χ0v) is 6.59. The van der Waals surface area contributed by atoms with Crippen molar-refractivity contribution in [1.29, 1.82) is 0 Å². The second kappa shape index (κ2) is 2.70. The minimum Gasteiger partial charge on any atom is -0.508 e. The molecule has 1 aromatic rings. The Labute approximate surface area is 65.4 Å². The Morgan fingerprint density at radius 3 is 2.55 bits per heavy atom. The minimum absolute atomic E-state index is 0.205. The number of benzene rings is 1. The van der Waals surface area contributed by atoms with E-state index in [2.05, 4.69) is 0 Å². The van der Waals surface area contributed by atoms with Gasteiger partial charge < -0.3 is 15.6 Å². The number of hydrogen-bond donors (Lipinski definition) is 2. The molecule has 0 radical (unpaired) electrons. The monoisotopic (exact) mass is 153 g/mol. The summed E-state index contributed by atoms with van der Waals surface area (Å²) in [5, 5.41) is 9.22. The SMILES string of the molecule is COc1c(N)ccc(O)c1C. The summed E-state index contributed by atoms with van der Waals surface area (Å²) >= 11 is 0. The van der Waals surface area contributed by atoms with Gasteiger partial charge in [0, 0.05) is 5.56 Å². The molecule has 0 aromatic heterocycles. The Bertz CT molecular complexity index is 271. The van der Waals surface area contributed by atoms with E-state index in [9.17, 15) is 5.11 Å². The first-order valence-corrected chi connectivity index (χ1v) is 3.29. The fourth-order valence-corrected chi connectivity index (χ4v) is 0.973. The Hall–Kier alpha value is -1.38. The maximum absolute atomic E-state index is 9.22. The van der Waals surface area contributed by atoms with E-state index < -0.39 is 0 Å². The largest absolute Gasteiger partial charge is 0.508 e. The summed E-state index contributed by atoms with van der Waals surface area (Å²) in [7, 11) is 1.53. The third kappa shape index (κ3) is 1.22. The minimum atomic E-state index is 0.205. The number of phenols is 1. The van der Waals surface area contributed by atoms with E-state index in [1.807, 2.05) is 0 Å². The maximum Gasteiger partial charge on any atom is 0.148 e. The summed E-state index contributed by atoms with van der Waals surface area (Å²) in [6.07, 6.45) is 0. The van der Waals surface area contributed by atoms with Crippen LogP contribution in [0.1, 0.15) is 5.56 Å². The summed E-state index contributed by atoms with van der Waals surface area (Å²) in [4.78, 5) is 0. The average molecular weight is 153 g/mol. The fourth-order valence-electron chi connectivity index (χ4n) is 0.973. The predicted octanol–water partition coefficient (Wildman–Crippen LogP) is 1.29. The normalized spacial score (nSPS) is 9.64. The van der Waals surface area contributed by atoms with Gasteiger partial charge in [0.1, 0.15) is 11.5 Å². The van der Waals surface area contributed by atoms with Gasteiger partial charge in [-0.2, -0.15) is 0 Å². The topological polar surface area (TPSA) is 55.5 Å². The molecule has 0 saturated heterocycles. The molecule has 3 heteroatoms. The van der Waals surface area contributed by atoms with Crippen LogP contribution in [0.25, 0.3) is 0 Å². The van der Waals surface area contributed by atoms with Crippen LogP contribution < -0.4 is 10.5 Å². The molecule has 0 unspecified atom stereocenters. The molecule has 0 atom stereocenters. The van der Waals surface area contributed by atoms with Crippen molar-refractivity contribution in [2.24, 2.45) is 0 Å². The summed E-state index contributed by atoms with van der Waals surface area (Å²) < 4.78 is 4.97. The van der Waals surface area contributed by atoms with E-state index in [1.165, 1.54) is 7.11 Å². The van der Waals surface area contributed by atoms with Gasteiger partial charge in [0.2, 0.25) is 0 Å². The van der Waals surface area contributed by atoms with Crippen LogP contribution in [-0.2, 0) is 0 Å². The summed E-state index contributed by atoms with van der Waals surface area (Å²) in [6.45, 7) is 1.75.